The minimum atomic E-state index is -1.81. The van der Waals surface area contributed by atoms with Crippen LogP contribution >= 0.6 is 23.2 Å². The molecule has 2 atom stereocenters. The first kappa shape index (κ1) is 17.5. The number of esters is 1. The molecule has 1 aliphatic rings. The molecule has 20 heavy (non-hydrogen) atoms. The zero-order valence-corrected chi connectivity index (χ0v) is 13.9. The lowest BCUT2D eigenvalue weighted by Gasteiger charge is -2.28. The average Bonchev–Trinajstić information content (AvgIpc) is 2.73. The monoisotopic (exact) mass is 325 g/mol. The summed E-state index contributed by atoms with van der Waals surface area (Å²) < 4.78 is 4.00. The van der Waals surface area contributed by atoms with Crippen molar-refractivity contribution in [2.45, 2.75) is 56.6 Å². The Balaban J connectivity index is 2.56. The predicted molar refractivity (Wildman–Crippen MR) is 76.6 cm³/mol. The second-order valence-corrected chi connectivity index (χ2v) is 8.16. The fourth-order valence-electron chi connectivity index (χ4n) is 1.55. The summed E-state index contributed by atoms with van der Waals surface area (Å²) in [7, 11) is 0. The summed E-state index contributed by atoms with van der Waals surface area (Å²) >= 11 is 11.8. The average molecular weight is 326 g/mol. The molecule has 0 radical (unpaired) electrons. The first-order valence-electron chi connectivity index (χ1n) is 6.33. The Hall–Kier alpha value is -0.520. The van der Waals surface area contributed by atoms with Crippen molar-refractivity contribution in [2.75, 3.05) is 6.54 Å². The molecule has 0 aromatic carbocycles. The lowest BCUT2D eigenvalue weighted by Crippen LogP contribution is -2.50. The van der Waals surface area contributed by atoms with Crippen molar-refractivity contribution in [3.63, 3.8) is 0 Å². The molecule has 7 heteroatoms. The largest absolute Gasteiger partial charge is 0.458 e. The highest BCUT2D eigenvalue weighted by Crippen LogP contribution is 2.63. The zero-order chi connectivity index (χ0) is 16.0. The van der Waals surface area contributed by atoms with Gasteiger partial charge in [0.25, 0.3) is 0 Å². The Bertz CT molecular complexity index is 429. The Morgan fingerprint density at radius 1 is 1.30 bits per heavy atom. The van der Waals surface area contributed by atoms with Crippen molar-refractivity contribution >= 4 is 35.1 Å². The SMILES string of the molecule is CC(C)(C)OC(=O)C(C)(O)CNC(=O)C1(C)CC1(Cl)Cl. The first-order chi connectivity index (χ1) is 8.71. The number of ether oxygens (including phenoxy) is 1. The molecule has 0 aromatic heterocycles. The van der Waals surface area contributed by atoms with Crippen LogP contribution in [-0.2, 0) is 14.3 Å². The number of carbonyl (C=O) groups is 2. The van der Waals surface area contributed by atoms with E-state index in [4.69, 9.17) is 27.9 Å². The summed E-state index contributed by atoms with van der Waals surface area (Å²) in [5, 5.41) is 12.5. The number of alkyl halides is 2. The van der Waals surface area contributed by atoms with Gasteiger partial charge in [0.15, 0.2) is 5.60 Å². The molecular weight excluding hydrogens is 305 g/mol. The van der Waals surface area contributed by atoms with Crippen molar-refractivity contribution in [1.82, 2.24) is 5.32 Å². The number of hydrogen-bond donors (Lipinski definition) is 2. The summed E-state index contributed by atoms with van der Waals surface area (Å²) in [5.74, 6) is -1.19. The van der Waals surface area contributed by atoms with Gasteiger partial charge in [-0.3, -0.25) is 4.79 Å². The zero-order valence-electron chi connectivity index (χ0n) is 12.3. The molecule has 0 spiro atoms. The number of nitrogens with one attached hydrogen (secondary N) is 1. The van der Waals surface area contributed by atoms with Gasteiger partial charge in [0.1, 0.15) is 9.93 Å². The number of amides is 1. The van der Waals surface area contributed by atoms with Crippen molar-refractivity contribution in [1.29, 1.82) is 0 Å². The molecular formula is C13H21Cl2NO4. The van der Waals surface area contributed by atoms with Gasteiger partial charge in [0, 0.05) is 0 Å². The van der Waals surface area contributed by atoms with Crippen LogP contribution in [0.1, 0.15) is 41.0 Å². The summed E-state index contributed by atoms with van der Waals surface area (Å²) in [6.07, 6.45) is 0.337. The predicted octanol–water partition coefficient (Wildman–Crippen LogP) is 1.78. The molecule has 5 nitrogen and oxygen atoms in total. The van der Waals surface area contributed by atoms with E-state index >= 15 is 0 Å². The van der Waals surface area contributed by atoms with Crippen LogP contribution in [0.15, 0.2) is 0 Å². The van der Waals surface area contributed by atoms with Crippen LogP contribution in [0.3, 0.4) is 0 Å². The van der Waals surface area contributed by atoms with Crippen molar-refractivity contribution in [3.05, 3.63) is 0 Å². The first-order valence-corrected chi connectivity index (χ1v) is 7.09. The summed E-state index contributed by atoms with van der Waals surface area (Å²) in [5.41, 5.74) is -3.41. The molecule has 1 saturated carbocycles. The van der Waals surface area contributed by atoms with E-state index < -0.39 is 32.8 Å². The van der Waals surface area contributed by atoms with Crippen LogP contribution in [0.25, 0.3) is 0 Å². The van der Waals surface area contributed by atoms with Crippen LogP contribution in [0.5, 0.6) is 0 Å². The number of halogens is 2. The summed E-state index contributed by atoms with van der Waals surface area (Å²) in [6.45, 7) is 7.73. The fourth-order valence-corrected chi connectivity index (χ4v) is 2.26. The fraction of sp³-hybridized carbons (Fsp3) is 0.846. The highest BCUT2D eigenvalue weighted by molar-refractivity contribution is 6.53. The van der Waals surface area contributed by atoms with Crippen LogP contribution in [0.4, 0.5) is 0 Å². The number of carbonyl (C=O) groups excluding carboxylic acids is 2. The third-order valence-corrected chi connectivity index (χ3v) is 4.29. The summed E-state index contributed by atoms with van der Waals surface area (Å²) in [4.78, 5) is 23.8. The topological polar surface area (TPSA) is 75.6 Å². The van der Waals surface area contributed by atoms with Gasteiger partial charge in [-0.15, -0.1) is 23.2 Å². The van der Waals surface area contributed by atoms with Crippen LogP contribution < -0.4 is 5.32 Å². The molecule has 0 aliphatic heterocycles. The van der Waals surface area contributed by atoms with Crippen LogP contribution in [0, 0.1) is 5.41 Å². The minimum absolute atomic E-state index is 0.264. The van der Waals surface area contributed by atoms with E-state index in [-0.39, 0.29) is 6.54 Å². The van der Waals surface area contributed by atoms with E-state index in [1.165, 1.54) is 6.92 Å². The Labute approximate surface area is 128 Å². The van der Waals surface area contributed by atoms with Crippen molar-refractivity contribution < 1.29 is 19.4 Å². The van der Waals surface area contributed by atoms with Gasteiger partial charge in [-0.05, 0) is 41.0 Å². The smallest absolute Gasteiger partial charge is 0.340 e. The molecule has 0 heterocycles. The lowest BCUT2D eigenvalue weighted by molar-refractivity contribution is -0.175. The maximum Gasteiger partial charge on any atom is 0.340 e. The lowest BCUT2D eigenvalue weighted by atomic mass is 10.0. The number of rotatable bonds is 4. The Morgan fingerprint density at radius 3 is 2.10 bits per heavy atom. The molecule has 1 aliphatic carbocycles. The standard InChI is InChI=1S/C13H21Cl2NO4/c1-10(2,3)20-9(18)12(5,19)7-16-8(17)11(4)6-13(11,14)15/h19H,6-7H2,1-5H3,(H,16,17). The van der Waals surface area contributed by atoms with E-state index in [1.807, 2.05) is 0 Å². The molecule has 1 rings (SSSR count). The maximum absolute atomic E-state index is 12.0. The van der Waals surface area contributed by atoms with Gasteiger partial charge < -0.3 is 15.2 Å². The highest BCUT2D eigenvalue weighted by Gasteiger charge is 2.67. The number of aliphatic hydroxyl groups is 1. The maximum atomic E-state index is 12.0. The molecule has 0 aromatic rings. The third kappa shape index (κ3) is 3.77. The van der Waals surface area contributed by atoms with E-state index in [1.54, 1.807) is 27.7 Å². The van der Waals surface area contributed by atoms with E-state index in [0.29, 0.717) is 6.42 Å². The number of hydrogen-bond acceptors (Lipinski definition) is 4. The van der Waals surface area contributed by atoms with E-state index in [9.17, 15) is 14.7 Å². The minimum Gasteiger partial charge on any atom is -0.458 e. The molecule has 2 N–H and O–H groups in total. The van der Waals surface area contributed by atoms with Gasteiger partial charge in [-0.2, -0.15) is 0 Å². The molecule has 116 valence electrons. The highest BCUT2D eigenvalue weighted by atomic mass is 35.5. The quantitative estimate of drug-likeness (QED) is 0.610. The second kappa shape index (κ2) is 5.04. The van der Waals surface area contributed by atoms with Gasteiger partial charge in [0.05, 0.1) is 12.0 Å². The van der Waals surface area contributed by atoms with E-state index in [2.05, 4.69) is 5.32 Å². The molecule has 2 unspecified atom stereocenters. The third-order valence-electron chi connectivity index (χ3n) is 3.19. The van der Waals surface area contributed by atoms with Gasteiger partial charge in [-0.1, -0.05) is 0 Å². The van der Waals surface area contributed by atoms with Crippen molar-refractivity contribution in [3.8, 4) is 0 Å². The molecule has 0 bridgehead atoms. The normalized spacial score (nSPS) is 27.4. The van der Waals surface area contributed by atoms with Crippen LogP contribution in [-0.4, -0.2) is 39.1 Å². The Kier molecular flexibility index (Phi) is 4.42. The van der Waals surface area contributed by atoms with Gasteiger partial charge in [0.2, 0.25) is 5.91 Å². The molecule has 1 amide bonds. The van der Waals surface area contributed by atoms with Crippen LogP contribution in [0.2, 0.25) is 0 Å². The van der Waals surface area contributed by atoms with E-state index in [0.717, 1.165) is 0 Å². The Morgan fingerprint density at radius 2 is 1.75 bits per heavy atom. The molecule has 0 saturated heterocycles. The second-order valence-electron chi connectivity index (χ2n) is 6.67. The van der Waals surface area contributed by atoms with Gasteiger partial charge in [-0.25, -0.2) is 4.79 Å². The molecule has 1 fully saturated rings. The van der Waals surface area contributed by atoms with Crippen molar-refractivity contribution in [2.24, 2.45) is 5.41 Å². The van der Waals surface area contributed by atoms with Gasteiger partial charge >= 0.3 is 5.97 Å². The summed E-state index contributed by atoms with van der Waals surface area (Å²) in [6, 6.07) is 0.